The summed E-state index contributed by atoms with van der Waals surface area (Å²) in [4.78, 5) is 13.9. The molecule has 0 unspecified atom stereocenters. The number of amides is 1. The zero-order chi connectivity index (χ0) is 14.4. The normalized spacial score (nSPS) is 11.4. The van der Waals surface area contributed by atoms with Crippen LogP contribution in [0.15, 0.2) is 23.4 Å². The molecule has 6 nitrogen and oxygen atoms in total. The molecule has 4 N–H and O–H groups in total. The number of hydrogen-bond acceptors (Lipinski definition) is 4. The maximum atomic E-state index is 12.3. The second-order valence-corrected chi connectivity index (χ2v) is 4.18. The number of hydrogen-bond donors (Lipinski definition) is 3. The van der Waals surface area contributed by atoms with Gasteiger partial charge in [-0.2, -0.15) is 0 Å². The minimum absolute atomic E-state index is 0.0823. The number of phenols is 1. The monoisotopic (exact) mass is 265 g/mol. The molecule has 1 aromatic rings. The summed E-state index contributed by atoms with van der Waals surface area (Å²) in [6, 6.07) is 4.84. The van der Waals surface area contributed by atoms with Crippen molar-refractivity contribution in [3.8, 4) is 5.75 Å². The first kappa shape index (κ1) is 14.8. The van der Waals surface area contributed by atoms with Gasteiger partial charge in [-0.3, -0.25) is 4.79 Å². The van der Waals surface area contributed by atoms with Crippen LogP contribution in [0.1, 0.15) is 29.3 Å². The fraction of sp³-hybridized carbons (Fsp3) is 0.385. The van der Waals surface area contributed by atoms with E-state index in [1.54, 1.807) is 30.0 Å². The number of oxime groups is 1. The average molecular weight is 265 g/mol. The first-order valence-corrected chi connectivity index (χ1v) is 6.05. The van der Waals surface area contributed by atoms with Gasteiger partial charge in [0.15, 0.2) is 0 Å². The molecule has 0 fully saturated rings. The van der Waals surface area contributed by atoms with E-state index in [4.69, 9.17) is 10.9 Å². The van der Waals surface area contributed by atoms with Crippen molar-refractivity contribution in [2.45, 2.75) is 20.3 Å². The van der Waals surface area contributed by atoms with E-state index in [9.17, 15) is 9.90 Å². The van der Waals surface area contributed by atoms with Crippen molar-refractivity contribution in [1.82, 2.24) is 4.90 Å². The van der Waals surface area contributed by atoms with E-state index >= 15 is 0 Å². The number of benzene rings is 1. The number of carbonyl (C=O) groups is 1. The largest absolute Gasteiger partial charge is 0.508 e. The maximum Gasteiger partial charge on any atom is 0.254 e. The highest BCUT2D eigenvalue weighted by molar-refractivity contribution is 5.96. The van der Waals surface area contributed by atoms with Crippen LogP contribution in [0, 0.1) is 6.92 Å². The van der Waals surface area contributed by atoms with Crippen LogP contribution in [0.5, 0.6) is 5.75 Å². The fourth-order valence-electron chi connectivity index (χ4n) is 1.73. The first-order chi connectivity index (χ1) is 9.01. The Hall–Kier alpha value is -2.24. The predicted octanol–water partition coefficient (Wildman–Crippen LogP) is 1.30. The molecular formula is C13H19N3O3. The number of aromatic hydroxyl groups is 1. The van der Waals surface area contributed by atoms with E-state index in [0.29, 0.717) is 30.6 Å². The van der Waals surface area contributed by atoms with Crippen molar-refractivity contribution in [2.24, 2.45) is 10.9 Å². The minimum atomic E-state index is -0.179. The highest BCUT2D eigenvalue weighted by atomic mass is 16.4. The smallest absolute Gasteiger partial charge is 0.254 e. The number of phenolic OH excluding ortho intramolecular Hbond substituents is 1. The van der Waals surface area contributed by atoms with Gasteiger partial charge in [0.25, 0.3) is 5.91 Å². The van der Waals surface area contributed by atoms with Crippen LogP contribution in [0.4, 0.5) is 0 Å². The average Bonchev–Trinajstić information content (AvgIpc) is 2.41. The summed E-state index contributed by atoms with van der Waals surface area (Å²) < 4.78 is 0. The standard InChI is InChI=1S/C13H19N3O3/c1-3-16(8-7-12(14)15-19)13(18)10-5-4-6-11(17)9(10)2/h4-6,17,19H,3,7-8H2,1-2H3,(H2,14,15). The summed E-state index contributed by atoms with van der Waals surface area (Å²) >= 11 is 0. The van der Waals surface area contributed by atoms with Gasteiger partial charge in [0.05, 0.1) is 0 Å². The van der Waals surface area contributed by atoms with Crippen molar-refractivity contribution in [2.75, 3.05) is 13.1 Å². The second kappa shape index (κ2) is 6.63. The maximum absolute atomic E-state index is 12.3. The summed E-state index contributed by atoms with van der Waals surface area (Å²) in [5.41, 5.74) is 6.40. The molecule has 0 atom stereocenters. The number of rotatable bonds is 5. The third kappa shape index (κ3) is 3.61. The van der Waals surface area contributed by atoms with E-state index in [0.717, 1.165) is 0 Å². The van der Waals surface area contributed by atoms with Crippen molar-refractivity contribution in [3.63, 3.8) is 0 Å². The third-order valence-electron chi connectivity index (χ3n) is 2.97. The lowest BCUT2D eigenvalue weighted by Gasteiger charge is -2.21. The summed E-state index contributed by atoms with van der Waals surface area (Å²) in [6.45, 7) is 4.41. The molecule has 104 valence electrons. The highest BCUT2D eigenvalue weighted by Crippen LogP contribution is 2.20. The molecule has 1 amide bonds. The molecule has 0 saturated carbocycles. The van der Waals surface area contributed by atoms with Gasteiger partial charge in [-0.15, -0.1) is 0 Å². The summed E-state index contributed by atoms with van der Waals surface area (Å²) in [5, 5.41) is 21.0. The second-order valence-electron chi connectivity index (χ2n) is 4.18. The van der Waals surface area contributed by atoms with Crippen molar-refractivity contribution < 1.29 is 15.1 Å². The predicted molar refractivity (Wildman–Crippen MR) is 72.4 cm³/mol. The Balaban J connectivity index is 2.87. The zero-order valence-electron chi connectivity index (χ0n) is 11.1. The van der Waals surface area contributed by atoms with Crippen LogP contribution in [0.3, 0.4) is 0 Å². The van der Waals surface area contributed by atoms with Gasteiger partial charge in [-0.05, 0) is 26.0 Å². The van der Waals surface area contributed by atoms with Crippen molar-refractivity contribution in [3.05, 3.63) is 29.3 Å². The zero-order valence-corrected chi connectivity index (χ0v) is 11.1. The lowest BCUT2D eigenvalue weighted by Crippen LogP contribution is -2.34. The molecule has 6 heteroatoms. The van der Waals surface area contributed by atoms with Crippen LogP contribution >= 0.6 is 0 Å². The minimum Gasteiger partial charge on any atom is -0.508 e. The Labute approximate surface area is 112 Å². The van der Waals surface area contributed by atoms with Gasteiger partial charge < -0.3 is 20.9 Å². The molecule has 0 aromatic heterocycles. The van der Waals surface area contributed by atoms with Crippen LogP contribution in [-0.4, -0.2) is 40.0 Å². The van der Waals surface area contributed by atoms with Gasteiger partial charge in [-0.25, -0.2) is 0 Å². The lowest BCUT2D eigenvalue weighted by molar-refractivity contribution is 0.0767. The summed E-state index contributed by atoms with van der Waals surface area (Å²) in [5.74, 6) is -0.00106. The molecule has 0 radical (unpaired) electrons. The van der Waals surface area contributed by atoms with Gasteiger partial charge in [-0.1, -0.05) is 11.2 Å². The van der Waals surface area contributed by atoms with Crippen LogP contribution in [-0.2, 0) is 0 Å². The molecule has 0 aliphatic rings. The van der Waals surface area contributed by atoms with Gasteiger partial charge in [0.2, 0.25) is 0 Å². The molecule has 0 aliphatic carbocycles. The Bertz CT molecular complexity index is 486. The molecule has 19 heavy (non-hydrogen) atoms. The van der Waals surface area contributed by atoms with Gasteiger partial charge >= 0.3 is 0 Å². The molecule has 0 saturated heterocycles. The van der Waals surface area contributed by atoms with E-state index in [1.807, 2.05) is 6.92 Å². The van der Waals surface area contributed by atoms with E-state index in [1.165, 1.54) is 0 Å². The number of nitrogens with two attached hydrogens (primary N) is 1. The van der Waals surface area contributed by atoms with Crippen LogP contribution in [0.25, 0.3) is 0 Å². The van der Waals surface area contributed by atoms with Crippen molar-refractivity contribution in [1.29, 1.82) is 0 Å². The molecular weight excluding hydrogens is 246 g/mol. The van der Waals surface area contributed by atoms with E-state index in [2.05, 4.69) is 5.16 Å². The summed E-state index contributed by atoms with van der Waals surface area (Å²) in [7, 11) is 0. The SMILES string of the molecule is CCN(CC/C(N)=N/O)C(=O)c1cccc(O)c1C. The third-order valence-corrected chi connectivity index (χ3v) is 2.97. The van der Waals surface area contributed by atoms with E-state index < -0.39 is 0 Å². The van der Waals surface area contributed by atoms with E-state index in [-0.39, 0.29) is 17.5 Å². The number of amidine groups is 1. The summed E-state index contributed by atoms with van der Waals surface area (Å²) in [6.07, 6.45) is 0.300. The van der Waals surface area contributed by atoms with Gasteiger partial charge in [0, 0.05) is 30.6 Å². The van der Waals surface area contributed by atoms with Gasteiger partial charge in [0.1, 0.15) is 11.6 Å². The Morgan fingerprint density at radius 1 is 1.47 bits per heavy atom. The molecule has 0 spiro atoms. The quantitative estimate of drug-likeness (QED) is 0.323. The molecule has 0 bridgehead atoms. The number of nitrogens with zero attached hydrogens (tertiary/aromatic N) is 2. The lowest BCUT2D eigenvalue weighted by atomic mass is 10.1. The fourth-order valence-corrected chi connectivity index (χ4v) is 1.73. The highest BCUT2D eigenvalue weighted by Gasteiger charge is 2.17. The number of carbonyl (C=O) groups excluding carboxylic acids is 1. The topological polar surface area (TPSA) is 99.1 Å². The molecule has 0 heterocycles. The first-order valence-electron chi connectivity index (χ1n) is 6.05. The van der Waals surface area contributed by atoms with Crippen LogP contribution < -0.4 is 5.73 Å². The molecule has 1 aromatic carbocycles. The molecule has 1 rings (SSSR count). The Morgan fingerprint density at radius 2 is 2.16 bits per heavy atom. The van der Waals surface area contributed by atoms with Crippen molar-refractivity contribution >= 4 is 11.7 Å². The molecule has 0 aliphatic heterocycles. The Morgan fingerprint density at radius 3 is 2.74 bits per heavy atom. The van der Waals surface area contributed by atoms with Crippen LogP contribution in [0.2, 0.25) is 0 Å². The Kier molecular flexibility index (Phi) is 5.17.